The molecule has 0 saturated carbocycles. The Hall–Kier alpha value is -3.16. The SMILES string of the molecule is O=C(CSc1nnc(-c2ccncc2)n1Cc1ccccc1)NCc1cccc(Cl)c1. The van der Waals surface area contributed by atoms with Gasteiger partial charge in [0, 0.05) is 29.5 Å². The average molecular weight is 450 g/mol. The van der Waals surface area contributed by atoms with Crippen LogP contribution in [-0.4, -0.2) is 31.4 Å². The molecule has 2 aromatic heterocycles. The summed E-state index contributed by atoms with van der Waals surface area (Å²) in [7, 11) is 0. The molecule has 156 valence electrons. The van der Waals surface area contributed by atoms with Gasteiger partial charge in [-0.15, -0.1) is 10.2 Å². The number of halogens is 1. The Kier molecular flexibility index (Phi) is 6.96. The second-order valence-corrected chi connectivity index (χ2v) is 8.19. The molecule has 0 aliphatic carbocycles. The minimum Gasteiger partial charge on any atom is -0.351 e. The van der Waals surface area contributed by atoms with E-state index in [1.807, 2.05) is 59.2 Å². The first kappa shape index (κ1) is 21.1. The number of nitrogens with one attached hydrogen (secondary N) is 1. The number of rotatable bonds is 8. The molecule has 4 aromatic rings. The van der Waals surface area contributed by atoms with E-state index in [0.717, 1.165) is 22.5 Å². The molecule has 2 aromatic carbocycles. The van der Waals surface area contributed by atoms with Crippen LogP contribution in [0.25, 0.3) is 11.4 Å². The van der Waals surface area contributed by atoms with Crippen LogP contribution < -0.4 is 5.32 Å². The van der Waals surface area contributed by atoms with Crippen molar-refractivity contribution in [1.29, 1.82) is 0 Å². The Morgan fingerprint density at radius 1 is 0.968 bits per heavy atom. The lowest BCUT2D eigenvalue weighted by Crippen LogP contribution is -2.24. The van der Waals surface area contributed by atoms with Gasteiger partial charge in [-0.3, -0.25) is 14.3 Å². The first-order valence-corrected chi connectivity index (χ1v) is 11.1. The Bertz CT molecular complexity index is 1150. The number of carbonyl (C=O) groups is 1. The van der Waals surface area contributed by atoms with Crippen molar-refractivity contribution in [2.24, 2.45) is 0 Å². The monoisotopic (exact) mass is 449 g/mol. The van der Waals surface area contributed by atoms with Gasteiger partial charge in [0.2, 0.25) is 5.91 Å². The van der Waals surface area contributed by atoms with Gasteiger partial charge in [0.05, 0.1) is 12.3 Å². The largest absolute Gasteiger partial charge is 0.351 e. The third-order valence-corrected chi connectivity index (χ3v) is 5.75. The highest BCUT2D eigenvalue weighted by molar-refractivity contribution is 7.99. The number of benzene rings is 2. The molecule has 6 nitrogen and oxygen atoms in total. The summed E-state index contributed by atoms with van der Waals surface area (Å²) in [6.45, 7) is 1.04. The van der Waals surface area contributed by atoms with Crippen LogP contribution in [0.15, 0.2) is 84.3 Å². The van der Waals surface area contributed by atoms with Gasteiger partial charge in [-0.1, -0.05) is 65.8 Å². The molecule has 31 heavy (non-hydrogen) atoms. The third-order valence-electron chi connectivity index (χ3n) is 4.55. The molecule has 0 atom stereocenters. The zero-order valence-corrected chi connectivity index (χ0v) is 18.2. The maximum atomic E-state index is 12.4. The van der Waals surface area contributed by atoms with Crippen molar-refractivity contribution in [1.82, 2.24) is 25.1 Å². The summed E-state index contributed by atoms with van der Waals surface area (Å²) in [5.74, 6) is 0.905. The number of hydrogen-bond acceptors (Lipinski definition) is 5. The van der Waals surface area contributed by atoms with Gasteiger partial charge in [-0.05, 0) is 35.4 Å². The molecule has 0 aliphatic heterocycles. The molecule has 0 spiro atoms. The fourth-order valence-electron chi connectivity index (χ4n) is 3.05. The Balaban J connectivity index is 1.47. The van der Waals surface area contributed by atoms with Crippen LogP contribution in [0.2, 0.25) is 5.02 Å². The number of aromatic nitrogens is 4. The molecule has 0 radical (unpaired) electrons. The number of pyridine rings is 1. The number of hydrogen-bond donors (Lipinski definition) is 1. The number of amides is 1. The summed E-state index contributed by atoms with van der Waals surface area (Å²) >= 11 is 7.36. The standard InChI is InChI=1S/C23H20ClN5OS/c24-20-8-4-7-18(13-20)14-26-21(30)16-31-23-28-27-22(19-9-11-25-12-10-19)29(23)15-17-5-2-1-3-6-17/h1-13H,14-16H2,(H,26,30). The molecule has 0 aliphatic rings. The summed E-state index contributed by atoms with van der Waals surface area (Å²) in [6.07, 6.45) is 3.46. The molecule has 0 bridgehead atoms. The normalized spacial score (nSPS) is 10.7. The van der Waals surface area contributed by atoms with Gasteiger partial charge >= 0.3 is 0 Å². The quantitative estimate of drug-likeness (QED) is 0.402. The molecule has 0 saturated heterocycles. The number of thioether (sulfide) groups is 1. The molecule has 0 fully saturated rings. The smallest absolute Gasteiger partial charge is 0.230 e. The van der Waals surface area contributed by atoms with Crippen LogP contribution in [-0.2, 0) is 17.9 Å². The van der Waals surface area contributed by atoms with Gasteiger partial charge < -0.3 is 5.32 Å². The minimum absolute atomic E-state index is 0.0790. The van der Waals surface area contributed by atoms with Crippen molar-refractivity contribution in [2.45, 2.75) is 18.2 Å². The van der Waals surface area contributed by atoms with E-state index in [1.54, 1.807) is 12.4 Å². The predicted octanol–water partition coefficient (Wildman–Crippen LogP) is 4.45. The molecule has 8 heteroatoms. The zero-order valence-electron chi connectivity index (χ0n) is 16.6. The zero-order chi connectivity index (χ0) is 21.5. The number of nitrogens with zero attached hydrogens (tertiary/aromatic N) is 4. The minimum atomic E-state index is -0.0790. The van der Waals surface area contributed by atoms with Crippen LogP contribution in [0, 0.1) is 0 Å². The predicted molar refractivity (Wildman–Crippen MR) is 123 cm³/mol. The lowest BCUT2D eigenvalue weighted by Gasteiger charge is -2.11. The van der Waals surface area contributed by atoms with E-state index in [2.05, 4.69) is 32.6 Å². The van der Waals surface area contributed by atoms with Crippen LogP contribution in [0.4, 0.5) is 0 Å². The average Bonchev–Trinajstić information content (AvgIpc) is 3.20. The lowest BCUT2D eigenvalue weighted by atomic mass is 10.2. The summed E-state index contributed by atoms with van der Waals surface area (Å²) < 4.78 is 2.03. The highest BCUT2D eigenvalue weighted by atomic mass is 35.5. The first-order chi connectivity index (χ1) is 15.2. The maximum absolute atomic E-state index is 12.4. The van der Waals surface area contributed by atoms with Crippen molar-refractivity contribution in [3.05, 3.63) is 95.3 Å². The second-order valence-electron chi connectivity index (χ2n) is 6.81. The highest BCUT2D eigenvalue weighted by Crippen LogP contribution is 2.25. The van der Waals surface area contributed by atoms with Gasteiger partial charge in [0.1, 0.15) is 0 Å². The Morgan fingerprint density at radius 3 is 2.52 bits per heavy atom. The van der Waals surface area contributed by atoms with Crippen molar-refractivity contribution >= 4 is 29.3 Å². The van der Waals surface area contributed by atoms with E-state index in [9.17, 15) is 4.79 Å². The fraction of sp³-hybridized carbons (Fsp3) is 0.130. The van der Waals surface area contributed by atoms with E-state index < -0.39 is 0 Å². The van der Waals surface area contributed by atoms with Gasteiger partial charge in [0.15, 0.2) is 11.0 Å². The summed E-state index contributed by atoms with van der Waals surface area (Å²) in [5, 5.41) is 13.0. The second kappa shape index (κ2) is 10.2. The Morgan fingerprint density at radius 2 is 1.74 bits per heavy atom. The molecule has 4 rings (SSSR count). The fourth-order valence-corrected chi connectivity index (χ4v) is 4.03. The van der Waals surface area contributed by atoms with Gasteiger partial charge in [-0.25, -0.2) is 0 Å². The lowest BCUT2D eigenvalue weighted by molar-refractivity contribution is -0.118. The van der Waals surface area contributed by atoms with Crippen molar-refractivity contribution in [2.75, 3.05) is 5.75 Å². The summed E-state index contributed by atoms with van der Waals surface area (Å²) in [6, 6.07) is 21.3. The van der Waals surface area contributed by atoms with E-state index in [4.69, 9.17) is 11.6 Å². The molecular formula is C23H20ClN5OS. The van der Waals surface area contributed by atoms with Crippen LogP contribution >= 0.6 is 23.4 Å². The maximum Gasteiger partial charge on any atom is 0.230 e. The first-order valence-electron chi connectivity index (χ1n) is 9.70. The van der Waals surface area contributed by atoms with Crippen LogP contribution in [0.1, 0.15) is 11.1 Å². The topological polar surface area (TPSA) is 72.7 Å². The molecule has 1 N–H and O–H groups in total. The van der Waals surface area contributed by atoms with Gasteiger partial charge in [-0.2, -0.15) is 0 Å². The highest BCUT2D eigenvalue weighted by Gasteiger charge is 2.16. The van der Waals surface area contributed by atoms with Crippen molar-refractivity contribution in [3.8, 4) is 11.4 Å². The van der Waals surface area contributed by atoms with Crippen molar-refractivity contribution < 1.29 is 4.79 Å². The molecule has 1 amide bonds. The number of carbonyl (C=O) groups excluding carboxylic acids is 1. The van der Waals surface area contributed by atoms with Crippen molar-refractivity contribution in [3.63, 3.8) is 0 Å². The summed E-state index contributed by atoms with van der Waals surface area (Å²) in [4.78, 5) is 16.5. The van der Waals surface area contributed by atoms with Crippen LogP contribution in [0.3, 0.4) is 0 Å². The molecule has 2 heterocycles. The van der Waals surface area contributed by atoms with Gasteiger partial charge in [0.25, 0.3) is 0 Å². The Labute approximate surface area is 189 Å². The van der Waals surface area contributed by atoms with E-state index in [-0.39, 0.29) is 11.7 Å². The van der Waals surface area contributed by atoms with E-state index in [0.29, 0.717) is 23.3 Å². The third kappa shape index (κ3) is 5.71. The van der Waals surface area contributed by atoms with E-state index >= 15 is 0 Å². The van der Waals surface area contributed by atoms with Crippen LogP contribution in [0.5, 0.6) is 0 Å². The molecule has 0 unspecified atom stereocenters. The van der Waals surface area contributed by atoms with E-state index in [1.165, 1.54) is 11.8 Å². The summed E-state index contributed by atoms with van der Waals surface area (Å²) in [5.41, 5.74) is 3.01. The molecular weight excluding hydrogens is 430 g/mol.